The second-order valence-electron chi connectivity index (χ2n) is 7.48. The molecule has 0 aliphatic carbocycles. The zero-order valence-corrected chi connectivity index (χ0v) is 21.1. The van der Waals surface area contributed by atoms with Gasteiger partial charge < -0.3 is 9.47 Å². The van der Waals surface area contributed by atoms with Crippen LogP contribution < -0.4 is 0 Å². The van der Waals surface area contributed by atoms with Gasteiger partial charge in [-0.1, -0.05) is 37.7 Å². The monoisotopic (exact) mass is 522 g/mol. The summed E-state index contributed by atoms with van der Waals surface area (Å²) in [5, 5.41) is 0. The van der Waals surface area contributed by atoms with E-state index in [0.717, 1.165) is 14.7 Å². The number of benzene rings is 2. The number of carbonyl (C=O) groups is 2. The van der Waals surface area contributed by atoms with Crippen LogP contribution in [-0.4, -0.2) is 34.2 Å². The average molecular weight is 522 g/mol. The molecule has 0 saturated carbocycles. The summed E-state index contributed by atoms with van der Waals surface area (Å²) in [6.07, 6.45) is 0. The van der Waals surface area contributed by atoms with Gasteiger partial charge in [-0.05, 0) is 71.8 Å². The van der Waals surface area contributed by atoms with Crippen LogP contribution in [0.2, 0.25) is 19.6 Å². The number of hydrogen-bond acceptors (Lipinski definition) is 4. The van der Waals surface area contributed by atoms with E-state index in [1.165, 1.54) is 19.8 Å². The van der Waals surface area contributed by atoms with Crippen molar-refractivity contribution in [3.8, 4) is 11.5 Å². The Morgan fingerprint density at radius 3 is 1.79 bits per heavy atom. The van der Waals surface area contributed by atoms with Gasteiger partial charge in [-0.25, -0.2) is 9.59 Å². The molecule has 0 heterocycles. The van der Waals surface area contributed by atoms with Crippen molar-refractivity contribution in [3.63, 3.8) is 0 Å². The molecule has 2 aromatic rings. The maximum absolute atomic E-state index is 11.4. The van der Waals surface area contributed by atoms with E-state index in [1.807, 2.05) is 32.0 Å². The summed E-state index contributed by atoms with van der Waals surface area (Å²) in [4.78, 5) is 22.5. The second kappa shape index (κ2) is 11.2. The van der Waals surface area contributed by atoms with Crippen LogP contribution in [0.25, 0.3) is 0 Å². The number of rotatable bonds is 2. The zero-order chi connectivity index (χ0) is 22.2. The number of esters is 2. The summed E-state index contributed by atoms with van der Waals surface area (Å²) < 4.78 is 10.4. The van der Waals surface area contributed by atoms with Crippen LogP contribution in [-0.2, 0) is 9.47 Å². The molecule has 154 valence electrons. The number of ether oxygens (including phenoxy) is 2. The van der Waals surface area contributed by atoms with Crippen LogP contribution in [0.4, 0.5) is 0 Å². The fourth-order valence-electron chi connectivity index (χ4n) is 2.09. The Kier molecular flexibility index (Phi) is 9.60. The third-order valence-electron chi connectivity index (χ3n) is 3.82. The summed E-state index contributed by atoms with van der Waals surface area (Å²) in [6, 6.07) is 11.0. The van der Waals surface area contributed by atoms with E-state index in [0.29, 0.717) is 11.1 Å². The van der Waals surface area contributed by atoms with Crippen LogP contribution in [0.5, 0.6) is 0 Å². The van der Waals surface area contributed by atoms with E-state index in [2.05, 4.69) is 58.4 Å². The number of halogens is 1. The number of aryl methyl sites for hydroxylation is 2. The van der Waals surface area contributed by atoms with Crippen molar-refractivity contribution in [1.82, 2.24) is 0 Å². The number of methoxy groups -OCH3 is 2. The standard InChI is InChI=1S/C14H18O2Si.C9H9IO2/c1-11-6-7-13(14(15)16-2)10-12(11)8-9-17(3,4)5;1-6-3-4-7(5-8(6)10)9(11)12-2/h6-7,10H,1-5H3;3-5H,1-2H3. The van der Waals surface area contributed by atoms with Crippen LogP contribution in [0.1, 0.15) is 37.4 Å². The highest BCUT2D eigenvalue weighted by molar-refractivity contribution is 14.1. The molecule has 0 N–H and O–H groups in total. The Morgan fingerprint density at radius 1 is 0.862 bits per heavy atom. The van der Waals surface area contributed by atoms with Gasteiger partial charge in [0.1, 0.15) is 8.07 Å². The highest BCUT2D eigenvalue weighted by Gasteiger charge is 2.10. The van der Waals surface area contributed by atoms with Crippen molar-refractivity contribution in [2.75, 3.05) is 14.2 Å². The maximum atomic E-state index is 11.4. The number of hydrogen-bond donors (Lipinski definition) is 0. The topological polar surface area (TPSA) is 52.6 Å². The third-order valence-corrected chi connectivity index (χ3v) is 5.86. The first-order chi connectivity index (χ1) is 13.5. The Bertz CT molecular complexity index is 950. The van der Waals surface area contributed by atoms with Gasteiger partial charge in [0.05, 0.1) is 25.3 Å². The zero-order valence-electron chi connectivity index (χ0n) is 18.0. The van der Waals surface area contributed by atoms with E-state index in [-0.39, 0.29) is 11.9 Å². The molecule has 0 atom stereocenters. The lowest BCUT2D eigenvalue weighted by molar-refractivity contribution is 0.0592. The van der Waals surface area contributed by atoms with Crippen LogP contribution in [0.15, 0.2) is 36.4 Å². The maximum Gasteiger partial charge on any atom is 0.337 e. The highest BCUT2D eigenvalue weighted by atomic mass is 127. The molecule has 0 saturated heterocycles. The van der Waals surface area contributed by atoms with Gasteiger partial charge in [-0.2, -0.15) is 0 Å². The lowest BCUT2D eigenvalue weighted by atomic mass is 10.1. The summed E-state index contributed by atoms with van der Waals surface area (Å²) >= 11 is 2.19. The summed E-state index contributed by atoms with van der Waals surface area (Å²) in [6.45, 7) is 10.6. The van der Waals surface area contributed by atoms with Crippen molar-refractivity contribution in [1.29, 1.82) is 0 Å². The minimum absolute atomic E-state index is 0.284. The molecule has 2 rings (SSSR count). The first kappa shape index (κ1) is 24.9. The molecule has 0 amide bonds. The van der Waals surface area contributed by atoms with Gasteiger partial charge in [0, 0.05) is 9.13 Å². The molecule has 0 bridgehead atoms. The average Bonchev–Trinajstić information content (AvgIpc) is 2.68. The Morgan fingerprint density at radius 2 is 1.34 bits per heavy atom. The number of carbonyl (C=O) groups excluding carboxylic acids is 2. The third kappa shape index (κ3) is 8.42. The van der Waals surface area contributed by atoms with Gasteiger partial charge in [0.2, 0.25) is 0 Å². The van der Waals surface area contributed by atoms with E-state index in [4.69, 9.17) is 4.74 Å². The molecule has 6 heteroatoms. The van der Waals surface area contributed by atoms with E-state index >= 15 is 0 Å². The summed E-state index contributed by atoms with van der Waals surface area (Å²) in [7, 11) is 1.38. The van der Waals surface area contributed by atoms with Gasteiger partial charge >= 0.3 is 11.9 Å². The first-order valence-electron chi connectivity index (χ1n) is 9.05. The minimum Gasteiger partial charge on any atom is -0.465 e. The van der Waals surface area contributed by atoms with Crippen molar-refractivity contribution in [2.45, 2.75) is 33.5 Å². The minimum atomic E-state index is -1.39. The van der Waals surface area contributed by atoms with Crippen molar-refractivity contribution >= 4 is 42.6 Å². The smallest absolute Gasteiger partial charge is 0.337 e. The fourth-order valence-corrected chi connectivity index (χ4v) is 3.12. The molecule has 0 spiro atoms. The van der Waals surface area contributed by atoms with Gasteiger partial charge in [-0.3, -0.25) is 0 Å². The highest BCUT2D eigenvalue weighted by Crippen LogP contribution is 2.14. The molecule has 4 nitrogen and oxygen atoms in total. The van der Waals surface area contributed by atoms with Gasteiger partial charge in [-0.15, -0.1) is 5.54 Å². The molecule has 0 fully saturated rings. The van der Waals surface area contributed by atoms with Gasteiger partial charge in [0.15, 0.2) is 0 Å². The molecule has 0 aromatic heterocycles. The SMILES string of the molecule is COC(=O)c1ccc(C)c(C#C[Si](C)(C)C)c1.COC(=O)c1ccc(C)c(I)c1. The molecular formula is C23H27IO4Si. The van der Waals surface area contributed by atoms with E-state index in [9.17, 15) is 9.59 Å². The quantitative estimate of drug-likeness (QED) is 0.230. The van der Waals surface area contributed by atoms with Crippen molar-refractivity contribution in [3.05, 3.63) is 67.8 Å². The Balaban J connectivity index is 0.000000308. The molecule has 29 heavy (non-hydrogen) atoms. The van der Waals surface area contributed by atoms with E-state index < -0.39 is 8.07 Å². The molecule has 0 radical (unpaired) electrons. The molecule has 2 aromatic carbocycles. The lowest BCUT2D eigenvalue weighted by Gasteiger charge is -2.05. The Labute approximate surface area is 188 Å². The normalized spacial score (nSPS) is 10.1. The molecule has 0 aliphatic rings. The first-order valence-corrected chi connectivity index (χ1v) is 13.6. The molecular weight excluding hydrogens is 495 g/mol. The predicted molar refractivity (Wildman–Crippen MR) is 128 cm³/mol. The van der Waals surface area contributed by atoms with Gasteiger partial charge in [0.25, 0.3) is 0 Å². The van der Waals surface area contributed by atoms with Crippen molar-refractivity contribution < 1.29 is 19.1 Å². The predicted octanol–water partition coefficient (Wildman–Crippen LogP) is 5.40. The van der Waals surface area contributed by atoms with Crippen molar-refractivity contribution in [2.24, 2.45) is 0 Å². The van der Waals surface area contributed by atoms with Crippen LogP contribution in [0, 0.1) is 28.9 Å². The fraction of sp³-hybridized carbons (Fsp3) is 0.304. The lowest BCUT2D eigenvalue weighted by Crippen LogP contribution is -2.16. The molecule has 0 unspecified atom stereocenters. The van der Waals surface area contributed by atoms with Crippen LogP contribution >= 0.6 is 22.6 Å². The summed E-state index contributed by atoms with van der Waals surface area (Å²) in [5.74, 6) is 2.57. The molecule has 0 aliphatic heterocycles. The Hall–Kier alpha value is -2.11. The van der Waals surface area contributed by atoms with Crippen LogP contribution in [0.3, 0.4) is 0 Å². The largest absolute Gasteiger partial charge is 0.465 e. The van der Waals surface area contributed by atoms with E-state index in [1.54, 1.807) is 18.2 Å². The second-order valence-corrected chi connectivity index (χ2v) is 13.4. The summed E-state index contributed by atoms with van der Waals surface area (Å²) in [5.41, 5.74) is 7.63.